The van der Waals surface area contributed by atoms with Crippen molar-refractivity contribution in [2.75, 3.05) is 41.8 Å². The summed E-state index contributed by atoms with van der Waals surface area (Å²) in [5.74, 6) is -1.16. The molecule has 2 amide bonds. The van der Waals surface area contributed by atoms with Gasteiger partial charge in [-0.3, -0.25) is 19.4 Å². The van der Waals surface area contributed by atoms with Gasteiger partial charge in [-0.2, -0.15) is 0 Å². The predicted octanol–water partition coefficient (Wildman–Crippen LogP) is 5.51. The number of amides is 2. The first-order valence-corrected chi connectivity index (χ1v) is 13.8. The van der Waals surface area contributed by atoms with Gasteiger partial charge in [-0.15, -0.1) is 11.3 Å². The molecule has 0 spiro atoms. The van der Waals surface area contributed by atoms with Crippen molar-refractivity contribution >= 4 is 57.9 Å². The highest BCUT2D eigenvalue weighted by Gasteiger charge is 2.30. The number of morpholine rings is 1. The Morgan fingerprint density at radius 2 is 1.77 bits per heavy atom. The Labute approximate surface area is 235 Å². The highest BCUT2D eigenvalue weighted by molar-refractivity contribution is 7.12. The van der Waals surface area contributed by atoms with Crippen LogP contribution in [-0.4, -0.2) is 50.1 Å². The average molecular weight is 551 g/mol. The zero-order valence-corrected chi connectivity index (χ0v) is 22.3. The number of carbonyl (C=O) groups is 3. The number of nitrogens with zero attached hydrogens (tertiary/aromatic N) is 2. The third-order valence-electron chi connectivity index (χ3n) is 6.92. The molecule has 1 aromatic heterocycles. The van der Waals surface area contributed by atoms with Crippen LogP contribution in [0.25, 0.3) is 0 Å². The second-order valence-electron chi connectivity index (χ2n) is 9.50. The lowest BCUT2D eigenvalue weighted by Crippen LogP contribution is -2.36. The SMILES string of the molecule is O=C(c1cccc(NC(=O)c2cccs2)c1)c1ccc2c(c1)NC(=O)C2C=Nc1ccc(N2CCOCC2)cc1. The van der Waals surface area contributed by atoms with Crippen molar-refractivity contribution < 1.29 is 19.1 Å². The summed E-state index contributed by atoms with van der Waals surface area (Å²) in [7, 11) is 0. The summed E-state index contributed by atoms with van der Waals surface area (Å²) in [6.07, 6.45) is 1.64. The molecule has 0 saturated carbocycles. The van der Waals surface area contributed by atoms with Crippen LogP contribution in [0.2, 0.25) is 0 Å². The molecule has 0 bridgehead atoms. The summed E-state index contributed by atoms with van der Waals surface area (Å²) in [5, 5.41) is 7.55. The number of benzene rings is 3. The van der Waals surface area contributed by atoms with Gasteiger partial charge in [0.1, 0.15) is 5.92 Å². The minimum Gasteiger partial charge on any atom is -0.378 e. The predicted molar refractivity (Wildman–Crippen MR) is 158 cm³/mol. The highest BCUT2D eigenvalue weighted by atomic mass is 32.1. The van der Waals surface area contributed by atoms with E-state index < -0.39 is 5.92 Å². The van der Waals surface area contributed by atoms with Gasteiger partial charge in [0.25, 0.3) is 5.91 Å². The zero-order valence-electron chi connectivity index (χ0n) is 21.5. The fraction of sp³-hybridized carbons (Fsp3) is 0.161. The van der Waals surface area contributed by atoms with Crippen LogP contribution < -0.4 is 15.5 Å². The van der Waals surface area contributed by atoms with Crippen molar-refractivity contribution in [2.45, 2.75) is 5.92 Å². The van der Waals surface area contributed by atoms with Gasteiger partial charge in [-0.25, -0.2) is 0 Å². The molecule has 8 nitrogen and oxygen atoms in total. The number of thiophene rings is 1. The molecule has 1 saturated heterocycles. The van der Waals surface area contributed by atoms with Crippen LogP contribution in [-0.2, 0) is 9.53 Å². The first-order chi connectivity index (χ1) is 19.5. The second-order valence-corrected chi connectivity index (χ2v) is 10.5. The molecule has 0 aliphatic carbocycles. The Morgan fingerprint density at radius 3 is 2.55 bits per heavy atom. The first kappa shape index (κ1) is 25.7. The van der Waals surface area contributed by atoms with E-state index in [4.69, 9.17) is 4.74 Å². The number of ether oxygens (including phenoxy) is 1. The summed E-state index contributed by atoms with van der Waals surface area (Å²) >= 11 is 1.35. The van der Waals surface area contributed by atoms with E-state index in [2.05, 4.69) is 20.5 Å². The number of hydrogen-bond donors (Lipinski definition) is 2. The highest BCUT2D eigenvalue weighted by Crippen LogP contribution is 2.33. The van der Waals surface area contributed by atoms with Gasteiger partial charge >= 0.3 is 0 Å². The standard InChI is InChI=1S/C31H26N4O4S/c36-29(20-3-1-4-23(17-20)33-31(38)28-5-2-16-40-28)21-6-11-25-26(30(37)34-27(25)18-21)19-32-22-7-9-24(10-8-22)35-12-14-39-15-13-35/h1-11,16-19,26H,12-15H2,(H,33,38)(H,34,37). The molecule has 2 aliphatic rings. The van der Waals surface area contributed by atoms with Crippen LogP contribution in [0.4, 0.5) is 22.7 Å². The number of ketones is 1. The third-order valence-corrected chi connectivity index (χ3v) is 7.79. The fourth-order valence-electron chi connectivity index (χ4n) is 4.81. The lowest BCUT2D eigenvalue weighted by Gasteiger charge is -2.28. The Bertz CT molecular complexity index is 1590. The number of rotatable bonds is 7. The number of carbonyl (C=O) groups excluding carboxylic acids is 3. The molecule has 1 fully saturated rings. The number of fused-ring (bicyclic) bond motifs is 1. The van der Waals surface area contributed by atoms with Crippen molar-refractivity contribution in [1.29, 1.82) is 0 Å². The van der Waals surface area contributed by atoms with Gasteiger partial charge < -0.3 is 20.3 Å². The molecule has 9 heteroatoms. The Kier molecular flexibility index (Phi) is 7.22. The summed E-state index contributed by atoms with van der Waals surface area (Å²) in [6.45, 7) is 3.18. The van der Waals surface area contributed by atoms with Crippen molar-refractivity contribution in [1.82, 2.24) is 0 Å². The quantitative estimate of drug-likeness (QED) is 0.234. The van der Waals surface area contributed by atoms with Gasteiger partial charge in [0.05, 0.1) is 23.8 Å². The fourth-order valence-corrected chi connectivity index (χ4v) is 5.43. The smallest absolute Gasteiger partial charge is 0.265 e. The van der Waals surface area contributed by atoms with Crippen LogP contribution >= 0.6 is 11.3 Å². The molecule has 200 valence electrons. The van der Waals surface area contributed by atoms with Gasteiger partial charge in [-0.05, 0) is 59.5 Å². The summed E-state index contributed by atoms with van der Waals surface area (Å²) in [6, 6.07) is 23.5. The molecular formula is C31H26N4O4S. The molecule has 1 unspecified atom stereocenters. The Hall–Kier alpha value is -4.60. The van der Waals surface area contributed by atoms with Crippen LogP contribution in [0.3, 0.4) is 0 Å². The first-order valence-electron chi connectivity index (χ1n) is 13.0. The molecule has 2 N–H and O–H groups in total. The third kappa shape index (κ3) is 5.42. The summed E-state index contributed by atoms with van der Waals surface area (Å²) < 4.78 is 5.42. The molecule has 4 aromatic rings. The lowest BCUT2D eigenvalue weighted by atomic mass is 9.97. The van der Waals surface area contributed by atoms with E-state index in [9.17, 15) is 14.4 Å². The van der Waals surface area contributed by atoms with Crippen molar-refractivity contribution in [2.24, 2.45) is 4.99 Å². The van der Waals surface area contributed by atoms with Crippen molar-refractivity contribution in [3.63, 3.8) is 0 Å². The molecular weight excluding hydrogens is 524 g/mol. The maximum atomic E-state index is 13.3. The van der Waals surface area contributed by atoms with Crippen LogP contribution in [0.1, 0.15) is 37.1 Å². The number of nitrogens with one attached hydrogen (secondary N) is 2. The molecule has 1 atom stereocenters. The van der Waals surface area contributed by atoms with Gasteiger partial charge in [-0.1, -0.05) is 30.3 Å². The minimum absolute atomic E-state index is 0.188. The molecule has 6 rings (SSSR count). The van der Waals surface area contributed by atoms with Gasteiger partial charge in [0.2, 0.25) is 5.91 Å². The lowest BCUT2D eigenvalue weighted by molar-refractivity contribution is -0.115. The van der Waals surface area contributed by atoms with Crippen LogP contribution in [0.5, 0.6) is 0 Å². The maximum Gasteiger partial charge on any atom is 0.265 e. The molecule has 2 aliphatic heterocycles. The summed E-state index contributed by atoms with van der Waals surface area (Å²) in [5.41, 5.74) is 4.66. The largest absolute Gasteiger partial charge is 0.378 e. The Morgan fingerprint density at radius 1 is 0.975 bits per heavy atom. The van der Waals surface area contributed by atoms with Crippen molar-refractivity contribution in [3.05, 3.63) is 106 Å². The molecule has 0 radical (unpaired) electrons. The van der Waals surface area contributed by atoms with E-state index in [1.54, 1.807) is 54.7 Å². The topological polar surface area (TPSA) is 100 Å². The second kappa shape index (κ2) is 11.3. The van der Waals surface area contributed by atoms with E-state index in [0.717, 1.165) is 43.2 Å². The van der Waals surface area contributed by atoms with Crippen LogP contribution in [0, 0.1) is 0 Å². The van der Waals surface area contributed by atoms with Crippen LogP contribution in [0.15, 0.2) is 89.2 Å². The van der Waals surface area contributed by atoms with E-state index in [-0.39, 0.29) is 17.6 Å². The monoisotopic (exact) mass is 550 g/mol. The van der Waals surface area contributed by atoms with E-state index in [1.807, 2.05) is 35.7 Å². The Balaban J connectivity index is 1.15. The minimum atomic E-state index is -0.547. The summed E-state index contributed by atoms with van der Waals surface area (Å²) in [4.78, 5) is 45.8. The van der Waals surface area contributed by atoms with Crippen molar-refractivity contribution in [3.8, 4) is 0 Å². The molecule has 3 heterocycles. The zero-order chi connectivity index (χ0) is 27.5. The maximum absolute atomic E-state index is 13.3. The van der Waals surface area contributed by atoms with E-state index in [0.29, 0.717) is 27.4 Å². The molecule has 3 aromatic carbocycles. The number of aliphatic imine (C=N–C) groups is 1. The van der Waals surface area contributed by atoms with Gasteiger partial charge in [0, 0.05) is 47.5 Å². The van der Waals surface area contributed by atoms with E-state index >= 15 is 0 Å². The normalized spacial score (nSPS) is 16.6. The van der Waals surface area contributed by atoms with Gasteiger partial charge in [0.15, 0.2) is 5.78 Å². The average Bonchev–Trinajstić information content (AvgIpc) is 3.64. The number of anilines is 3. The van der Waals surface area contributed by atoms with E-state index in [1.165, 1.54) is 11.3 Å². The molecule has 40 heavy (non-hydrogen) atoms. The number of hydrogen-bond acceptors (Lipinski definition) is 7.